The summed E-state index contributed by atoms with van der Waals surface area (Å²) in [6.45, 7) is 6.59. The number of aliphatic hydroxyl groups is 1. The van der Waals surface area contributed by atoms with E-state index in [1.165, 1.54) is 0 Å². The summed E-state index contributed by atoms with van der Waals surface area (Å²) in [5, 5.41) is 12.3. The van der Waals surface area contributed by atoms with Gasteiger partial charge in [0, 0.05) is 12.3 Å². The zero-order chi connectivity index (χ0) is 12.0. The summed E-state index contributed by atoms with van der Waals surface area (Å²) in [6.07, 6.45) is 1.63. The number of hydrogen-bond donors (Lipinski definition) is 2. The van der Waals surface area contributed by atoms with E-state index in [9.17, 15) is 5.11 Å². The molecule has 5 heteroatoms. The highest BCUT2D eigenvalue weighted by atomic mass is 16.5. The minimum absolute atomic E-state index is 0.0446. The standard InChI is InChI=1S/C11H19N3O2/c1-4-16-10-5-6-12-11(14-10)13-9(7-15)8(2)3/h5-6,8-9,15H,4,7H2,1-3H3,(H,12,13,14). The quantitative estimate of drug-likeness (QED) is 0.764. The molecule has 0 spiro atoms. The maximum absolute atomic E-state index is 9.18. The SMILES string of the molecule is CCOc1ccnc(NC(CO)C(C)C)n1. The number of nitrogens with one attached hydrogen (secondary N) is 1. The van der Waals surface area contributed by atoms with E-state index in [1.54, 1.807) is 12.3 Å². The average molecular weight is 225 g/mol. The zero-order valence-corrected chi connectivity index (χ0v) is 9.97. The third-order valence-electron chi connectivity index (χ3n) is 2.24. The molecule has 0 amide bonds. The third-order valence-corrected chi connectivity index (χ3v) is 2.24. The van der Waals surface area contributed by atoms with E-state index in [-0.39, 0.29) is 12.6 Å². The van der Waals surface area contributed by atoms with E-state index in [4.69, 9.17) is 4.74 Å². The monoisotopic (exact) mass is 225 g/mol. The van der Waals surface area contributed by atoms with E-state index in [0.717, 1.165) is 0 Å². The molecule has 2 N–H and O–H groups in total. The van der Waals surface area contributed by atoms with Crippen molar-refractivity contribution in [1.29, 1.82) is 0 Å². The van der Waals surface area contributed by atoms with Crippen LogP contribution in [0.4, 0.5) is 5.95 Å². The second kappa shape index (κ2) is 6.27. The Balaban J connectivity index is 2.68. The van der Waals surface area contributed by atoms with Crippen molar-refractivity contribution in [2.45, 2.75) is 26.8 Å². The summed E-state index contributed by atoms with van der Waals surface area (Å²) in [4.78, 5) is 8.26. The molecule has 0 bridgehead atoms. The summed E-state index contributed by atoms with van der Waals surface area (Å²) >= 11 is 0. The summed E-state index contributed by atoms with van der Waals surface area (Å²) in [5.41, 5.74) is 0. The van der Waals surface area contributed by atoms with E-state index in [2.05, 4.69) is 15.3 Å². The molecular formula is C11H19N3O2. The molecule has 0 fully saturated rings. The van der Waals surface area contributed by atoms with Crippen LogP contribution in [0.5, 0.6) is 5.88 Å². The molecule has 1 rings (SSSR count). The lowest BCUT2D eigenvalue weighted by atomic mass is 10.1. The first-order valence-corrected chi connectivity index (χ1v) is 5.50. The number of aliphatic hydroxyl groups excluding tert-OH is 1. The van der Waals surface area contributed by atoms with Crippen LogP contribution in [0.3, 0.4) is 0 Å². The number of nitrogens with zero attached hydrogens (tertiary/aromatic N) is 2. The van der Waals surface area contributed by atoms with Gasteiger partial charge in [-0.1, -0.05) is 13.8 Å². The highest BCUT2D eigenvalue weighted by Crippen LogP contribution is 2.11. The van der Waals surface area contributed by atoms with E-state index in [0.29, 0.717) is 24.4 Å². The van der Waals surface area contributed by atoms with Gasteiger partial charge in [0.05, 0.1) is 19.3 Å². The number of anilines is 1. The second-order valence-electron chi connectivity index (χ2n) is 3.83. The summed E-state index contributed by atoms with van der Waals surface area (Å²) in [5.74, 6) is 1.34. The number of ether oxygens (including phenoxy) is 1. The van der Waals surface area contributed by atoms with Crippen molar-refractivity contribution >= 4 is 5.95 Å². The van der Waals surface area contributed by atoms with Gasteiger partial charge < -0.3 is 15.2 Å². The van der Waals surface area contributed by atoms with Crippen LogP contribution in [-0.4, -0.2) is 34.3 Å². The minimum Gasteiger partial charge on any atom is -0.478 e. The first-order chi connectivity index (χ1) is 7.67. The maximum Gasteiger partial charge on any atom is 0.226 e. The van der Waals surface area contributed by atoms with Gasteiger partial charge in [0.15, 0.2) is 0 Å². The van der Waals surface area contributed by atoms with Gasteiger partial charge in [-0.05, 0) is 12.8 Å². The molecule has 0 saturated carbocycles. The number of rotatable bonds is 6. The molecule has 0 aliphatic carbocycles. The van der Waals surface area contributed by atoms with Gasteiger partial charge in [-0.15, -0.1) is 0 Å². The Kier molecular flexibility index (Phi) is 4.98. The lowest BCUT2D eigenvalue weighted by Gasteiger charge is -2.19. The predicted octanol–water partition coefficient (Wildman–Crippen LogP) is 1.30. The van der Waals surface area contributed by atoms with Gasteiger partial charge in [0.25, 0.3) is 0 Å². The molecule has 0 radical (unpaired) electrons. The molecule has 0 aliphatic heterocycles. The first kappa shape index (κ1) is 12.7. The molecule has 0 aliphatic rings. The average Bonchev–Trinajstić information content (AvgIpc) is 2.26. The molecule has 90 valence electrons. The van der Waals surface area contributed by atoms with E-state index < -0.39 is 0 Å². The molecule has 0 saturated heterocycles. The molecule has 1 atom stereocenters. The van der Waals surface area contributed by atoms with Crippen molar-refractivity contribution in [1.82, 2.24) is 9.97 Å². The third kappa shape index (κ3) is 3.66. The minimum atomic E-state index is -0.0446. The van der Waals surface area contributed by atoms with Gasteiger partial charge in [0.1, 0.15) is 0 Å². The Labute approximate surface area is 95.9 Å². The molecular weight excluding hydrogens is 206 g/mol. The predicted molar refractivity (Wildman–Crippen MR) is 62.5 cm³/mol. The maximum atomic E-state index is 9.18. The second-order valence-corrected chi connectivity index (χ2v) is 3.83. The van der Waals surface area contributed by atoms with Crippen LogP contribution in [0.15, 0.2) is 12.3 Å². The highest BCUT2D eigenvalue weighted by Gasteiger charge is 2.13. The van der Waals surface area contributed by atoms with Crippen LogP contribution < -0.4 is 10.1 Å². The van der Waals surface area contributed by atoms with Gasteiger partial charge in [0.2, 0.25) is 11.8 Å². The van der Waals surface area contributed by atoms with Crippen LogP contribution in [0.2, 0.25) is 0 Å². The fourth-order valence-corrected chi connectivity index (χ4v) is 1.23. The fraction of sp³-hybridized carbons (Fsp3) is 0.636. The molecule has 1 aromatic rings. The molecule has 1 heterocycles. The van der Waals surface area contributed by atoms with Crippen molar-refractivity contribution < 1.29 is 9.84 Å². The Bertz CT molecular complexity index is 318. The van der Waals surface area contributed by atoms with E-state index >= 15 is 0 Å². The van der Waals surface area contributed by atoms with Gasteiger partial charge >= 0.3 is 0 Å². The Morgan fingerprint density at radius 3 is 2.81 bits per heavy atom. The van der Waals surface area contributed by atoms with Gasteiger partial charge in [-0.2, -0.15) is 4.98 Å². The molecule has 1 aromatic heterocycles. The topological polar surface area (TPSA) is 67.3 Å². The van der Waals surface area contributed by atoms with Gasteiger partial charge in [-0.25, -0.2) is 4.98 Å². The lowest BCUT2D eigenvalue weighted by molar-refractivity contribution is 0.248. The smallest absolute Gasteiger partial charge is 0.226 e. The van der Waals surface area contributed by atoms with Crippen LogP contribution in [0.25, 0.3) is 0 Å². The summed E-state index contributed by atoms with van der Waals surface area (Å²) < 4.78 is 5.27. The molecule has 1 unspecified atom stereocenters. The Morgan fingerprint density at radius 2 is 2.25 bits per heavy atom. The van der Waals surface area contributed by atoms with Crippen LogP contribution in [-0.2, 0) is 0 Å². The van der Waals surface area contributed by atoms with Crippen molar-refractivity contribution in [2.24, 2.45) is 5.92 Å². The summed E-state index contributed by atoms with van der Waals surface area (Å²) in [6, 6.07) is 1.66. The molecule has 5 nitrogen and oxygen atoms in total. The van der Waals surface area contributed by atoms with Crippen molar-refractivity contribution in [3.63, 3.8) is 0 Å². The number of hydrogen-bond acceptors (Lipinski definition) is 5. The summed E-state index contributed by atoms with van der Waals surface area (Å²) in [7, 11) is 0. The van der Waals surface area contributed by atoms with E-state index in [1.807, 2.05) is 20.8 Å². The van der Waals surface area contributed by atoms with Crippen LogP contribution in [0.1, 0.15) is 20.8 Å². The highest BCUT2D eigenvalue weighted by molar-refractivity contribution is 5.29. The van der Waals surface area contributed by atoms with Crippen LogP contribution in [0, 0.1) is 5.92 Å². The Morgan fingerprint density at radius 1 is 1.50 bits per heavy atom. The largest absolute Gasteiger partial charge is 0.478 e. The van der Waals surface area contributed by atoms with Crippen molar-refractivity contribution in [3.05, 3.63) is 12.3 Å². The first-order valence-electron chi connectivity index (χ1n) is 5.50. The fourth-order valence-electron chi connectivity index (χ4n) is 1.23. The molecule has 0 aromatic carbocycles. The molecule has 16 heavy (non-hydrogen) atoms. The normalized spacial score (nSPS) is 12.6. The Hall–Kier alpha value is -1.36. The zero-order valence-electron chi connectivity index (χ0n) is 9.97. The van der Waals surface area contributed by atoms with Crippen LogP contribution >= 0.6 is 0 Å². The number of aromatic nitrogens is 2. The van der Waals surface area contributed by atoms with Gasteiger partial charge in [-0.3, -0.25) is 0 Å². The van der Waals surface area contributed by atoms with Crippen molar-refractivity contribution in [3.8, 4) is 5.88 Å². The van der Waals surface area contributed by atoms with Crippen molar-refractivity contribution in [2.75, 3.05) is 18.5 Å². The lowest BCUT2D eigenvalue weighted by Crippen LogP contribution is -2.30.